The Bertz CT molecular complexity index is 993. The van der Waals surface area contributed by atoms with Gasteiger partial charge in [-0.3, -0.25) is 0 Å². The Morgan fingerprint density at radius 1 is 1.30 bits per heavy atom. The van der Waals surface area contributed by atoms with Crippen LogP contribution in [0.2, 0.25) is 0 Å². The minimum absolute atomic E-state index is 0.0965. The monoisotopic (exact) mass is 429 g/mol. The summed E-state index contributed by atoms with van der Waals surface area (Å²) in [6, 6.07) is 7.69. The van der Waals surface area contributed by atoms with E-state index >= 15 is 0 Å². The summed E-state index contributed by atoms with van der Waals surface area (Å²) in [6.07, 6.45) is 2.35. The molecule has 0 spiro atoms. The van der Waals surface area contributed by atoms with Gasteiger partial charge in [-0.2, -0.15) is 15.2 Å². The SMILES string of the molecule is CC(C)n1cnc2c(Nc3cc(Br)cc(C#N)c3)nc(NCCCO)nc21. The van der Waals surface area contributed by atoms with E-state index in [9.17, 15) is 5.26 Å². The number of nitriles is 1. The number of nitrogens with zero attached hydrogens (tertiary/aromatic N) is 5. The Balaban J connectivity index is 2.04. The number of benzene rings is 1. The Kier molecular flexibility index (Phi) is 5.88. The first-order valence-electron chi connectivity index (χ1n) is 8.59. The molecule has 0 amide bonds. The van der Waals surface area contributed by atoms with Gasteiger partial charge in [0, 0.05) is 29.4 Å². The van der Waals surface area contributed by atoms with Crippen molar-refractivity contribution >= 4 is 44.5 Å². The summed E-state index contributed by atoms with van der Waals surface area (Å²) in [5.74, 6) is 1.00. The van der Waals surface area contributed by atoms with E-state index < -0.39 is 0 Å². The van der Waals surface area contributed by atoms with Crippen LogP contribution in [-0.2, 0) is 0 Å². The van der Waals surface area contributed by atoms with Gasteiger partial charge in [-0.15, -0.1) is 0 Å². The van der Waals surface area contributed by atoms with Crippen LogP contribution in [0.5, 0.6) is 0 Å². The molecule has 0 saturated carbocycles. The first-order valence-corrected chi connectivity index (χ1v) is 9.38. The fourth-order valence-corrected chi connectivity index (χ4v) is 3.10. The lowest BCUT2D eigenvalue weighted by Gasteiger charge is -2.12. The summed E-state index contributed by atoms with van der Waals surface area (Å²) in [7, 11) is 0. The lowest BCUT2D eigenvalue weighted by molar-refractivity contribution is 0.292. The molecule has 2 aromatic heterocycles. The molecular weight excluding hydrogens is 410 g/mol. The maximum absolute atomic E-state index is 9.18. The van der Waals surface area contributed by atoms with Crippen molar-refractivity contribution in [3.63, 3.8) is 0 Å². The highest BCUT2D eigenvalue weighted by Crippen LogP contribution is 2.28. The number of hydrogen-bond acceptors (Lipinski definition) is 7. The van der Waals surface area contributed by atoms with Crippen molar-refractivity contribution in [3.8, 4) is 6.07 Å². The average molecular weight is 430 g/mol. The number of anilines is 3. The molecule has 0 radical (unpaired) electrons. The summed E-state index contributed by atoms with van der Waals surface area (Å²) >= 11 is 3.42. The molecule has 0 bridgehead atoms. The lowest BCUT2D eigenvalue weighted by atomic mass is 10.2. The summed E-state index contributed by atoms with van der Waals surface area (Å²) in [4.78, 5) is 13.6. The Morgan fingerprint density at radius 2 is 2.11 bits per heavy atom. The summed E-state index contributed by atoms with van der Waals surface area (Å²) in [5.41, 5.74) is 2.62. The van der Waals surface area contributed by atoms with Crippen LogP contribution in [0.15, 0.2) is 29.0 Å². The Labute approximate surface area is 165 Å². The Morgan fingerprint density at radius 3 is 2.81 bits per heavy atom. The van der Waals surface area contributed by atoms with Crippen LogP contribution in [0.1, 0.15) is 31.9 Å². The van der Waals surface area contributed by atoms with E-state index in [1.165, 1.54) is 0 Å². The van der Waals surface area contributed by atoms with Gasteiger partial charge >= 0.3 is 0 Å². The van der Waals surface area contributed by atoms with E-state index in [1.807, 2.05) is 10.6 Å². The number of nitrogens with one attached hydrogen (secondary N) is 2. The zero-order valence-electron chi connectivity index (χ0n) is 15.1. The number of halogens is 1. The zero-order chi connectivity index (χ0) is 19.4. The minimum Gasteiger partial charge on any atom is -0.396 e. The van der Waals surface area contributed by atoms with Gasteiger partial charge in [-0.05, 0) is 38.5 Å². The highest BCUT2D eigenvalue weighted by Gasteiger charge is 2.15. The molecule has 0 aliphatic heterocycles. The first-order chi connectivity index (χ1) is 13.0. The predicted molar refractivity (Wildman–Crippen MR) is 108 cm³/mol. The second-order valence-corrected chi connectivity index (χ2v) is 7.20. The van der Waals surface area contributed by atoms with Crippen LogP contribution in [0, 0.1) is 11.3 Å². The zero-order valence-corrected chi connectivity index (χ0v) is 16.7. The predicted octanol–water partition coefficient (Wildman–Crippen LogP) is 3.58. The van der Waals surface area contributed by atoms with Gasteiger partial charge in [-0.1, -0.05) is 15.9 Å². The first kappa shape index (κ1) is 19.1. The van der Waals surface area contributed by atoms with Crippen molar-refractivity contribution in [1.29, 1.82) is 5.26 Å². The minimum atomic E-state index is 0.0965. The molecule has 9 heteroatoms. The molecule has 140 valence electrons. The molecule has 27 heavy (non-hydrogen) atoms. The second kappa shape index (κ2) is 8.33. The number of aliphatic hydroxyl groups excluding tert-OH is 1. The molecule has 3 N–H and O–H groups in total. The third-order valence-corrected chi connectivity index (χ3v) is 4.34. The summed E-state index contributed by atoms with van der Waals surface area (Å²) in [6.45, 7) is 4.78. The van der Waals surface area contributed by atoms with E-state index in [4.69, 9.17) is 5.11 Å². The van der Waals surface area contributed by atoms with Crippen molar-refractivity contribution in [1.82, 2.24) is 19.5 Å². The molecule has 0 saturated heterocycles. The number of hydrogen-bond donors (Lipinski definition) is 3. The quantitative estimate of drug-likeness (QED) is 0.491. The molecule has 2 heterocycles. The van der Waals surface area contributed by atoms with Gasteiger partial charge in [0.1, 0.15) is 0 Å². The van der Waals surface area contributed by atoms with Crippen molar-refractivity contribution in [2.24, 2.45) is 0 Å². The van der Waals surface area contributed by atoms with Crippen LogP contribution in [0.4, 0.5) is 17.5 Å². The molecule has 0 unspecified atom stereocenters. The normalized spacial score (nSPS) is 11.0. The van der Waals surface area contributed by atoms with Crippen LogP contribution in [-0.4, -0.2) is 37.8 Å². The number of rotatable bonds is 7. The molecule has 0 fully saturated rings. The fourth-order valence-electron chi connectivity index (χ4n) is 2.60. The van der Waals surface area contributed by atoms with Gasteiger partial charge in [0.2, 0.25) is 5.95 Å². The van der Waals surface area contributed by atoms with Gasteiger partial charge in [0.15, 0.2) is 17.0 Å². The van der Waals surface area contributed by atoms with Gasteiger partial charge in [-0.25, -0.2) is 4.98 Å². The van der Waals surface area contributed by atoms with Crippen LogP contribution in [0.3, 0.4) is 0 Å². The molecular formula is C18H20BrN7O. The maximum Gasteiger partial charge on any atom is 0.226 e. The molecule has 0 aliphatic carbocycles. The van der Waals surface area contributed by atoms with Gasteiger partial charge in [0.25, 0.3) is 0 Å². The third kappa shape index (κ3) is 4.35. The number of imidazole rings is 1. The van der Waals surface area contributed by atoms with E-state index in [2.05, 4.69) is 61.4 Å². The lowest BCUT2D eigenvalue weighted by Crippen LogP contribution is -2.10. The fraction of sp³-hybridized carbons (Fsp3) is 0.333. The smallest absolute Gasteiger partial charge is 0.226 e. The largest absolute Gasteiger partial charge is 0.396 e. The topological polar surface area (TPSA) is 112 Å². The molecule has 1 aromatic carbocycles. The van der Waals surface area contributed by atoms with Crippen molar-refractivity contribution in [3.05, 3.63) is 34.6 Å². The molecule has 0 atom stereocenters. The summed E-state index contributed by atoms with van der Waals surface area (Å²) in [5, 5.41) is 24.5. The van der Waals surface area contributed by atoms with E-state index in [-0.39, 0.29) is 12.6 Å². The van der Waals surface area contributed by atoms with Crippen molar-refractivity contribution < 1.29 is 5.11 Å². The molecule has 0 aliphatic rings. The third-order valence-electron chi connectivity index (χ3n) is 3.89. The second-order valence-electron chi connectivity index (χ2n) is 6.28. The molecule has 3 aromatic rings. The van der Waals surface area contributed by atoms with Crippen molar-refractivity contribution in [2.45, 2.75) is 26.3 Å². The van der Waals surface area contributed by atoms with Crippen LogP contribution >= 0.6 is 15.9 Å². The van der Waals surface area contributed by atoms with Gasteiger partial charge < -0.3 is 20.3 Å². The van der Waals surface area contributed by atoms with E-state index in [1.54, 1.807) is 18.5 Å². The van der Waals surface area contributed by atoms with E-state index in [0.717, 1.165) is 10.2 Å². The van der Waals surface area contributed by atoms with Crippen LogP contribution in [0.25, 0.3) is 11.2 Å². The molecule has 3 rings (SSSR count). The van der Waals surface area contributed by atoms with Crippen LogP contribution < -0.4 is 10.6 Å². The maximum atomic E-state index is 9.18. The highest BCUT2D eigenvalue weighted by molar-refractivity contribution is 9.10. The number of aliphatic hydroxyl groups is 1. The van der Waals surface area contributed by atoms with Gasteiger partial charge in [0.05, 0.1) is 18.0 Å². The summed E-state index contributed by atoms with van der Waals surface area (Å²) < 4.78 is 2.77. The number of fused-ring (bicyclic) bond motifs is 1. The van der Waals surface area contributed by atoms with E-state index in [0.29, 0.717) is 41.5 Å². The number of aromatic nitrogens is 4. The standard InChI is InChI=1S/C18H20BrN7O/c1-11(2)26-10-22-15-16(23-14-7-12(9-20)6-13(19)8-14)24-18(25-17(15)26)21-4-3-5-27/h6-8,10-11,27H,3-5H2,1-2H3,(H2,21,23,24,25). The highest BCUT2D eigenvalue weighted by atomic mass is 79.9. The average Bonchev–Trinajstić information content (AvgIpc) is 3.06. The Hall–Kier alpha value is -2.70. The molecule has 8 nitrogen and oxygen atoms in total. The van der Waals surface area contributed by atoms with Crippen molar-refractivity contribution in [2.75, 3.05) is 23.8 Å².